The monoisotopic (exact) mass is 257 g/mol. The van der Waals surface area contributed by atoms with Gasteiger partial charge in [0.2, 0.25) is 0 Å². The minimum Gasteiger partial charge on any atom is -0.388 e. The number of rotatable bonds is 4. The second-order valence-corrected chi connectivity index (χ2v) is 4.82. The Hall–Kier alpha value is -1.49. The van der Waals surface area contributed by atoms with E-state index in [9.17, 15) is 18.7 Å². The molecule has 3 nitrogen and oxygen atoms in total. The van der Waals surface area contributed by atoms with E-state index in [0.717, 1.165) is 12.1 Å². The fraction of sp³-hybridized carbons (Fsp3) is 0.462. The lowest BCUT2D eigenvalue weighted by atomic mass is 9.92. The molecule has 0 aliphatic rings. The summed E-state index contributed by atoms with van der Waals surface area (Å²) in [6, 6.07) is 2.91. The lowest BCUT2D eigenvalue weighted by Gasteiger charge is -2.27. The van der Waals surface area contributed by atoms with Crippen molar-refractivity contribution < 1.29 is 18.7 Å². The van der Waals surface area contributed by atoms with E-state index in [1.165, 1.54) is 6.07 Å². The van der Waals surface area contributed by atoms with Gasteiger partial charge in [0.05, 0.1) is 5.60 Å². The first-order valence-electron chi connectivity index (χ1n) is 5.69. The number of halogens is 2. The summed E-state index contributed by atoms with van der Waals surface area (Å²) in [6.07, 6.45) is 0. The third-order valence-electron chi connectivity index (χ3n) is 3.03. The summed E-state index contributed by atoms with van der Waals surface area (Å²) in [5, 5.41) is 12.4. The first kappa shape index (κ1) is 14.6. The third-order valence-corrected chi connectivity index (χ3v) is 3.03. The number of amides is 1. The topological polar surface area (TPSA) is 49.3 Å². The number of carbonyl (C=O) groups is 1. The summed E-state index contributed by atoms with van der Waals surface area (Å²) in [5.41, 5.74) is -1.03. The molecule has 5 heteroatoms. The molecule has 0 aliphatic heterocycles. The van der Waals surface area contributed by atoms with Crippen LogP contribution >= 0.6 is 0 Å². The van der Waals surface area contributed by atoms with Crippen LogP contribution in [0.5, 0.6) is 0 Å². The summed E-state index contributed by atoms with van der Waals surface area (Å²) in [7, 11) is 0. The number of hydrogen-bond acceptors (Lipinski definition) is 2. The Morgan fingerprint density at radius 2 is 2.00 bits per heavy atom. The highest BCUT2D eigenvalue weighted by Gasteiger charge is 2.25. The van der Waals surface area contributed by atoms with Crippen molar-refractivity contribution in [3.63, 3.8) is 0 Å². The molecule has 0 aromatic heterocycles. The van der Waals surface area contributed by atoms with Gasteiger partial charge in [-0.1, -0.05) is 13.8 Å². The molecular weight excluding hydrogens is 240 g/mol. The maximum atomic E-state index is 12.9. The van der Waals surface area contributed by atoms with Gasteiger partial charge in [0.25, 0.3) is 5.91 Å². The second-order valence-electron chi connectivity index (χ2n) is 4.82. The maximum Gasteiger partial charge on any atom is 0.251 e. The van der Waals surface area contributed by atoms with E-state index in [4.69, 9.17) is 0 Å². The van der Waals surface area contributed by atoms with E-state index in [-0.39, 0.29) is 18.0 Å². The van der Waals surface area contributed by atoms with E-state index >= 15 is 0 Å². The molecule has 100 valence electrons. The van der Waals surface area contributed by atoms with Gasteiger partial charge in [-0.3, -0.25) is 4.79 Å². The molecule has 0 saturated heterocycles. The van der Waals surface area contributed by atoms with Crippen LogP contribution in [0.4, 0.5) is 8.78 Å². The lowest BCUT2D eigenvalue weighted by Crippen LogP contribution is -2.44. The van der Waals surface area contributed by atoms with Gasteiger partial charge in [-0.15, -0.1) is 0 Å². The van der Waals surface area contributed by atoms with Gasteiger partial charge in [-0.05, 0) is 31.0 Å². The van der Waals surface area contributed by atoms with Gasteiger partial charge < -0.3 is 10.4 Å². The molecule has 1 unspecified atom stereocenters. The molecule has 0 saturated carbocycles. The van der Waals surface area contributed by atoms with Crippen molar-refractivity contribution in [2.24, 2.45) is 5.92 Å². The van der Waals surface area contributed by atoms with Crippen molar-refractivity contribution in [1.29, 1.82) is 0 Å². The Balaban J connectivity index is 2.69. The van der Waals surface area contributed by atoms with E-state index < -0.39 is 23.1 Å². The average Bonchev–Trinajstić information content (AvgIpc) is 2.29. The normalized spacial score (nSPS) is 14.4. The first-order valence-corrected chi connectivity index (χ1v) is 5.69. The summed E-state index contributed by atoms with van der Waals surface area (Å²) < 4.78 is 25.6. The zero-order valence-electron chi connectivity index (χ0n) is 10.6. The van der Waals surface area contributed by atoms with Crippen molar-refractivity contribution in [2.45, 2.75) is 26.4 Å². The molecule has 1 aromatic carbocycles. The van der Waals surface area contributed by atoms with Gasteiger partial charge in [0.1, 0.15) is 0 Å². The fourth-order valence-corrected chi connectivity index (χ4v) is 1.20. The highest BCUT2D eigenvalue weighted by Crippen LogP contribution is 2.15. The summed E-state index contributed by atoms with van der Waals surface area (Å²) >= 11 is 0. The quantitative estimate of drug-likeness (QED) is 0.867. The molecule has 1 atom stereocenters. The molecule has 18 heavy (non-hydrogen) atoms. The molecule has 0 spiro atoms. The molecular formula is C13H17F2NO2. The van der Waals surface area contributed by atoms with Crippen LogP contribution in [0.2, 0.25) is 0 Å². The highest BCUT2D eigenvalue weighted by atomic mass is 19.2. The van der Waals surface area contributed by atoms with Crippen LogP contribution < -0.4 is 5.32 Å². The van der Waals surface area contributed by atoms with Crippen molar-refractivity contribution in [3.05, 3.63) is 35.4 Å². The molecule has 1 aromatic rings. The molecule has 1 amide bonds. The van der Waals surface area contributed by atoms with Crippen LogP contribution in [0.25, 0.3) is 0 Å². The van der Waals surface area contributed by atoms with Crippen molar-refractivity contribution in [3.8, 4) is 0 Å². The largest absolute Gasteiger partial charge is 0.388 e. The Kier molecular flexibility index (Phi) is 4.40. The van der Waals surface area contributed by atoms with Crippen molar-refractivity contribution >= 4 is 5.91 Å². The Morgan fingerprint density at radius 3 is 2.50 bits per heavy atom. The Morgan fingerprint density at radius 1 is 1.39 bits per heavy atom. The standard InChI is InChI=1S/C13H17F2NO2/c1-8(2)13(3,18)7-16-12(17)9-4-5-10(14)11(15)6-9/h4-6,8,18H,7H2,1-3H3,(H,16,17). The minimum atomic E-state index is -1.07. The van der Waals surface area contributed by atoms with E-state index in [1.807, 2.05) is 13.8 Å². The zero-order valence-corrected chi connectivity index (χ0v) is 10.6. The third kappa shape index (κ3) is 3.50. The fourth-order valence-electron chi connectivity index (χ4n) is 1.20. The van der Waals surface area contributed by atoms with E-state index in [1.54, 1.807) is 6.92 Å². The lowest BCUT2D eigenvalue weighted by molar-refractivity contribution is 0.0142. The van der Waals surface area contributed by atoms with E-state index in [2.05, 4.69) is 5.32 Å². The minimum absolute atomic E-state index is 0.0217. The van der Waals surface area contributed by atoms with Crippen LogP contribution in [0.1, 0.15) is 31.1 Å². The van der Waals surface area contributed by atoms with Crippen molar-refractivity contribution in [2.75, 3.05) is 6.54 Å². The molecule has 0 radical (unpaired) electrons. The number of carbonyl (C=O) groups excluding carboxylic acids is 1. The van der Waals surface area contributed by atoms with Crippen LogP contribution in [-0.4, -0.2) is 23.2 Å². The molecule has 2 N–H and O–H groups in total. The molecule has 0 aliphatic carbocycles. The highest BCUT2D eigenvalue weighted by molar-refractivity contribution is 5.94. The van der Waals surface area contributed by atoms with Crippen LogP contribution in [0, 0.1) is 17.6 Å². The Bertz CT molecular complexity index is 445. The first-order chi connectivity index (χ1) is 8.24. The van der Waals surface area contributed by atoms with Gasteiger partial charge in [0.15, 0.2) is 11.6 Å². The number of nitrogens with one attached hydrogen (secondary N) is 1. The molecule has 0 fully saturated rings. The van der Waals surface area contributed by atoms with Gasteiger partial charge in [-0.25, -0.2) is 8.78 Å². The second kappa shape index (κ2) is 5.44. The van der Waals surface area contributed by atoms with Crippen molar-refractivity contribution in [1.82, 2.24) is 5.32 Å². The van der Waals surface area contributed by atoms with Crippen LogP contribution in [0.3, 0.4) is 0 Å². The van der Waals surface area contributed by atoms with E-state index in [0.29, 0.717) is 0 Å². The zero-order chi connectivity index (χ0) is 13.9. The van der Waals surface area contributed by atoms with Crippen LogP contribution in [-0.2, 0) is 0 Å². The van der Waals surface area contributed by atoms with Gasteiger partial charge >= 0.3 is 0 Å². The molecule has 1 rings (SSSR count). The number of benzene rings is 1. The number of hydrogen-bond donors (Lipinski definition) is 2. The predicted molar refractivity (Wildman–Crippen MR) is 64.2 cm³/mol. The molecule has 0 heterocycles. The number of aliphatic hydroxyl groups is 1. The molecule has 0 bridgehead atoms. The summed E-state index contributed by atoms with van der Waals surface area (Å²) in [5.74, 6) is -2.66. The summed E-state index contributed by atoms with van der Waals surface area (Å²) in [4.78, 5) is 11.7. The Labute approximate surface area is 105 Å². The smallest absolute Gasteiger partial charge is 0.251 e. The van der Waals surface area contributed by atoms with Crippen LogP contribution in [0.15, 0.2) is 18.2 Å². The average molecular weight is 257 g/mol. The summed E-state index contributed by atoms with van der Waals surface area (Å²) in [6.45, 7) is 5.29. The van der Waals surface area contributed by atoms with Gasteiger partial charge in [-0.2, -0.15) is 0 Å². The maximum absolute atomic E-state index is 12.9. The van der Waals surface area contributed by atoms with Gasteiger partial charge in [0, 0.05) is 12.1 Å². The predicted octanol–water partition coefficient (Wildman–Crippen LogP) is 2.10. The SMILES string of the molecule is CC(C)C(C)(O)CNC(=O)c1ccc(F)c(F)c1.